The van der Waals surface area contributed by atoms with Gasteiger partial charge < -0.3 is 14.8 Å². The van der Waals surface area contributed by atoms with Crippen molar-refractivity contribution < 1.29 is 0 Å². The van der Waals surface area contributed by atoms with Gasteiger partial charge in [-0.25, -0.2) is 9.78 Å². The molecule has 0 unspecified atom stereocenters. The van der Waals surface area contributed by atoms with E-state index in [2.05, 4.69) is 25.9 Å². The zero-order valence-electron chi connectivity index (χ0n) is 15.2. The molecule has 0 atom stereocenters. The topological polar surface area (TPSA) is 70.0 Å². The number of benzene rings is 1. The van der Waals surface area contributed by atoms with Gasteiger partial charge in [0, 0.05) is 51.1 Å². The molecule has 0 amide bonds. The molecule has 2 aromatic heterocycles. The van der Waals surface area contributed by atoms with E-state index in [0.29, 0.717) is 6.54 Å². The number of nitrogens with one attached hydrogen (secondary N) is 1. The molecule has 0 spiro atoms. The first kappa shape index (κ1) is 16.4. The van der Waals surface area contributed by atoms with Crippen molar-refractivity contribution in [2.45, 2.75) is 13.3 Å². The van der Waals surface area contributed by atoms with Gasteiger partial charge in [0.1, 0.15) is 5.82 Å². The van der Waals surface area contributed by atoms with Crippen LogP contribution in [0.15, 0.2) is 41.3 Å². The van der Waals surface area contributed by atoms with Crippen molar-refractivity contribution >= 4 is 28.5 Å². The maximum atomic E-state index is 12.4. The molecule has 0 bridgehead atoms. The predicted molar refractivity (Wildman–Crippen MR) is 105 cm³/mol. The molecule has 7 nitrogen and oxygen atoms in total. The zero-order valence-corrected chi connectivity index (χ0v) is 15.2. The van der Waals surface area contributed by atoms with Crippen LogP contribution in [-0.2, 0) is 0 Å². The molecule has 4 rings (SSSR count). The van der Waals surface area contributed by atoms with E-state index < -0.39 is 0 Å². The number of imidazole rings is 1. The van der Waals surface area contributed by atoms with E-state index >= 15 is 0 Å². The van der Waals surface area contributed by atoms with Crippen molar-refractivity contribution in [3.63, 3.8) is 0 Å². The van der Waals surface area contributed by atoms with Crippen molar-refractivity contribution in [2.24, 2.45) is 0 Å². The number of hydrogen-bond donors (Lipinski definition) is 1. The van der Waals surface area contributed by atoms with Crippen LogP contribution in [0.3, 0.4) is 0 Å². The zero-order chi connectivity index (χ0) is 18.3. The third-order valence-corrected chi connectivity index (χ3v) is 4.70. The highest BCUT2D eigenvalue weighted by Gasteiger charge is 2.19. The summed E-state index contributed by atoms with van der Waals surface area (Å²) in [6.45, 7) is 3.46. The Kier molecular flexibility index (Phi) is 3.99. The summed E-state index contributed by atoms with van der Waals surface area (Å²) in [6.07, 6.45) is 4.71. The fourth-order valence-electron chi connectivity index (χ4n) is 3.41. The lowest BCUT2D eigenvalue weighted by Crippen LogP contribution is -2.32. The Hall–Kier alpha value is -3.09. The minimum Gasteiger partial charge on any atom is -0.362 e. The molecular weight excluding hydrogens is 328 g/mol. The van der Waals surface area contributed by atoms with Crippen LogP contribution in [0, 0.1) is 6.92 Å². The number of rotatable bonds is 3. The van der Waals surface area contributed by atoms with Crippen molar-refractivity contribution in [2.75, 3.05) is 37.0 Å². The summed E-state index contributed by atoms with van der Waals surface area (Å²) in [7, 11) is 3.97. The molecule has 1 aromatic carbocycles. The molecule has 0 saturated carbocycles. The second kappa shape index (κ2) is 6.33. The normalized spacial score (nSPS) is 14.6. The lowest BCUT2D eigenvalue weighted by molar-refractivity contribution is 0.767. The van der Waals surface area contributed by atoms with Crippen LogP contribution in [0.1, 0.15) is 12.0 Å². The fraction of sp³-hybridized carbons (Fsp3) is 0.316. The van der Waals surface area contributed by atoms with Crippen LogP contribution in [0.25, 0.3) is 16.7 Å². The molecule has 0 radical (unpaired) electrons. The highest BCUT2D eigenvalue weighted by molar-refractivity contribution is 5.79. The Labute approximate surface area is 151 Å². The van der Waals surface area contributed by atoms with Crippen LogP contribution in [0.4, 0.5) is 11.8 Å². The van der Waals surface area contributed by atoms with E-state index in [4.69, 9.17) is 0 Å². The smallest absolute Gasteiger partial charge is 0.330 e. The maximum Gasteiger partial charge on any atom is 0.330 e. The third-order valence-electron chi connectivity index (χ3n) is 4.70. The molecule has 134 valence electrons. The van der Waals surface area contributed by atoms with Crippen LogP contribution >= 0.6 is 0 Å². The minimum atomic E-state index is -0.0904. The Morgan fingerprint density at radius 2 is 2.04 bits per heavy atom. The summed E-state index contributed by atoms with van der Waals surface area (Å²) in [4.78, 5) is 28.6. The second-order valence-corrected chi connectivity index (χ2v) is 6.75. The number of hydrogen-bond acceptors (Lipinski definition) is 5. The number of aryl methyl sites for hydroxylation is 1. The van der Waals surface area contributed by atoms with Gasteiger partial charge in [-0.1, -0.05) is 12.1 Å². The fourth-order valence-corrected chi connectivity index (χ4v) is 3.41. The summed E-state index contributed by atoms with van der Waals surface area (Å²) in [5, 5.41) is 0. The van der Waals surface area contributed by atoms with Crippen molar-refractivity contribution in [3.05, 3.63) is 52.6 Å². The molecule has 3 heterocycles. The van der Waals surface area contributed by atoms with Crippen molar-refractivity contribution in [3.8, 4) is 0 Å². The number of fused-ring (bicyclic) bond motifs is 1. The number of nitrogens with zero attached hydrogens (tertiary/aromatic N) is 5. The summed E-state index contributed by atoms with van der Waals surface area (Å²) in [6, 6.07) is 7.76. The van der Waals surface area contributed by atoms with E-state index in [1.807, 2.05) is 56.4 Å². The molecule has 0 aliphatic carbocycles. The quantitative estimate of drug-likeness (QED) is 0.784. The van der Waals surface area contributed by atoms with Gasteiger partial charge in [0.2, 0.25) is 5.95 Å². The van der Waals surface area contributed by atoms with Crippen LogP contribution in [-0.4, -0.2) is 46.7 Å². The molecule has 1 N–H and O–H groups in total. The summed E-state index contributed by atoms with van der Waals surface area (Å²) >= 11 is 0. The average Bonchev–Trinajstić information content (AvgIpc) is 2.98. The van der Waals surface area contributed by atoms with Gasteiger partial charge in [-0.2, -0.15) is 4.98 Å². The monoisotopic (exact) mass is 350 g/mol. The lowest BCUT2D eigenvalue weighted by atomic mass is 10.2. The van der Waals surface area contributed by atoms with Gasteiger partial charge in [0.15, 0.2) is 0 Å². The highest BCUT2D eigenvalue weighted by atomic mass is 16.1. The Morgan fingerprint density at radius 3 is 2.77 bits per heavy atom. The number of aromatic nitrogens is 4. The Morgan fingerprint density at radius 1 is 1.23 bits per heavy atom. The molecule has 1 aliphatic rings. The first-order valence-corrected chi connectivity index (χ1v) is 8.69. The third kappa shape index (κ3) is 2.75. The van der Waals surface area contributed by atoms with E-state index in [-0.39, 0.29) is 5.69 Å². The Bertz CT molecular complexity index is 1050. The molecule has 1 aliphatic heterocycles. The largest absolute Gasteiger partial charge is 0.362 e. The Balaban J connectivity index is 1.64. The lowest BCUT2D eigenvalue weighted by Gasteiger charge is -2.27. The molecule has 26 heavy (non-hydrogen) atoms. The van der Waals surface area contributed by atoms with E-state index in [0.717, 1.165) is 47.0 Å². The van der Waals surface area contributed by atoms with Crippen LogP contribution in [0.2, 0.25) is 0 Å². The maximum absolute atomic E-state index is 12.4. The predicted octanol–water partition coefficient (Wildman–Crippen LogP) is 2.25. The minimum absolute atomic E-state index is 0.0904. The van der Waals surface area contributed by atoms with E-state index in [9.17, 15) is 4.79 Å². The van der Waals surface area contributed by atoms with E-state index in [1.165, 1.54) is 0 Å². The highest BCUT2D eigenvalue weighted by Crippen LogP contribution is 2.23. The molecule has 0 fully saturated rings. The van der Waals surface area contributed by atoms with Crippen molar-refractivity contribution in [1.29, 1.82) is 0 Å². The molecular formula is C19H22N6O. The van der Waals surface area contributed by atoms with E-state index in [1.54, 1.807) is 4.57 Å². The van der Waals surface area contributed by atoms with Gasteiger partial charge >= 0.3 is 5.69 Å². The van der Waals surface area contributed by atoms with Gasteiger partial charge in [0.25, 0.3) is 0 Å². The molecule has 0 saturated heterocycles. The SMILES string of the molecule is Cc1cnc(N2CC=C(n3c(=O)[nH]c4ccccc43)CC2)nc1N(C)C. The number of H-pyrrole nitrogens is 1. The number of anilines is 2. The van der Waals surface area contributed by atoms with Gasteiger partial charge in [-0.05, 0) is 25.1 Å². The van der Waals surface area contributed by atoms with Gasteiger partial charge in [-0.3, -0.25) is 4.57 Å². The van der Waals surface area contributed by atoms with Crippen LogP contribution in [0.5, 0.6) is 0 Å². The first-order chi connectivity index (χ1) is 12.5. The molecule has 3 aromatic rings. The first-order valence-electron chi connectivity index (χ1n) is 8.69. The average molecular weight is 350 g/mol. The number of para-hydroxylation sites is 2. The van der Waals surface area contributed by atoms with Gasteiger partial charge in [-0.15, -0.1) is 0 Å². The summed E-state index contributed by atoms with van der Waals surface area (Å²) in [5.74, 6) is 1.65. The standard InChI is InChI=1S/C19H22N6O/c1-13-12-20-18(22-17(13)23(2)3)24-10-8-14(9-11-24)25-16-7-5-4-6-15(16)21-19(25)26/h4-8,12H,9-11H2,1-3H3,(H,21,26). The summed E-state index contributed by atoms with van der Waals surface area (Å²) in [5.41, 5.74) is 3.75. The van der Waals surface area contributed by atoms with Crippen molar-refractivity contribution in [1.82, 2.24) is 19.5 Å². The molecule has 7 heteroatoms. The number of aromatic amines is 1. The summed E-state index contributed by atoms with van der Waals surface area (Å²) < 4.78 is 1.77. The second-order valence-electron chi connectivity index (χ2n) is 6.75. The van der Waals surface area contributed by atoms with Gasteiger partial charge in [0.05, 0.1) is 11.0 Å². The van der Waals surface area contributed by atoms with Crippen LogP contribution < -0.4 is 15.5 Å².